The summed E-state index contributed by atoms with van der Waals surface area (Å²) >= 11 is 0. The van der Waals surface area contributed by atoms with Crippen LogP contribution in [-0.2, 0) is 9.53 Å². The summed E-state index contributed by atoms with van der Waals surface area (Å²) in [6.07, 6.45) is 0.0460. The fourth-order valence-corrected chi connectivity index (χ4v) is 2.22. The minimum Gasteiger partial charge on any atom is -0.375 e. The molecule has 1 heterocycles. The van der Waals surface area contributed by atoms with E-state index in [1.54, 1.807) is 36.1 Å². The van der Waals surface area contributed by atoms with Crippen molar-refractivity contribution < 1.29 is 14.3 Å². The minimum absolute atomic E-state index is 0.0460. The highest BCUT2D eigenvalue weighted by Crippen LogP contribution is 2.07. The van der Waals surface area contributed by atoms with Crippen molar-refractivity contribution in [3.05, 3.63) is 35.9 Å². The van der Waals surface area contributed by atoms with E-state index >= 15 is 0 Å². The Bertz CT molecular complexity index is 475. The Balaban J connectivity index is 1.92. The Morgan fingerprint density at radius 2 is 2.05 bits per heavy atom. The molecule has 2 rings (SSSR count). The molecule has 0 bridgehead atoms. The highest BCUT2D eigenvalue weighted by molar-refractivity contribution is 5.97. The molecule has 0 saturated carbocycles. The van der Waals surface area contributed by atoms with Gasteiger partial charge in [-0.15, -0.1) is 0 Å². The molecule has 20 heavy (non-hydrogen) atoms. The molecule has 5 heteroatoms. The molecule has 1 aliphatic heterocycles. The Morgan fingerprint density at radius 1 is 1.35 bits per heavy atom. The zero-order chi connectivity index (χ0) is 14.5. The number of morpholine rings is 1. The van der Waals surface area contributed by atoms with Crippen LogP contribution in [0.3, 0.4) is 0 Å². The first-order chi connectivity index (χ1) is 9.58. The summed E-state index contributed by atoms with van der Waals surface area (Å²) in [5.74, 6) is -0.294. The largest absolute Gasteiger partial charge is 0.375 e. The first kappa shape index (κ1) is 14.5. The number of rotatable bonds is 3. The van der Waals surface area contributed by atoms with Gasteiger partial charge < -0.3 is 15.0 Å². The first-order valence-corrected chi connectivity index (χ1v) is 6.84. The topological polar surface area (TPSA) is 58.6 Å². The maximum Gasteiger partial charge on any atom is 0.251 e. The van der Waals surface area contributed by atoms with Crippen LogP contribution in [0, 0.1) is 0 Å². The molecule has 1 aromatic rings. The Labute approximate surface area is 118 Å². The van der Waals surface area contributed by atoms with E-state index in [-0.39, 0.29) is 17.9 Å². The van der Waals surface area contributed by atoms with Crippen LogP contribution in [0.25, 0.3) is 0 Å². The lowest BCUT2D eigenvalue weighted by Gasteiger charge is -2.33. The van der Waals surface area contributed by atoms with E-state index in [1.807, 2.05) is 13.0 Å². The van der Waals surface area contributed by atoms with Crippen molar-refractivity contribution in [3.63, 3.8) is 0 Å². The summed E-state index contributed by atoms with van der Waals surface area (Å²) in [7, 11) is 0. The van der Waals surface area contributed by atoms with Crippen LogP contribution >= 0.6 is 0 Å². The lowest BCUT2D eigenvalue weighted by Crippen LogP contribution is -2.52. The molecule has 2 unspecified atom stereocenters. The average molecular weight is 276 g/mol. The van der Waals surface area contributed by atoms with Crippen LogP contribution in [0.15, 0.2) is 30.3 Å². The van der Waals surface area contributed by atoms with Crippen molar-refractivity contribution in [2.45, 2.75) is 26.0 Å². The molecular formula is C15H20N2O3. The third-order valence-electron chi connectivity index (χ3n) is 3.31. The van der Waals surface area contributed by atoms with Gasteiger partial charge in [-0.2, -0.15) is 0 Å². The quantitative estimate of drug-likeness (QED) is 0.898. The number of hydrogen-bond donors (Lipinski definition) is 1. The van der Waals surface area contributed by atoms with Gasteiger partial charge in [-0.05, 0) is 26.0 Å². The third kappa shape index (κ3) is 3.57. The zero-order valence-corrected chi connectivity index (χ0v) is 11.8. The number of nitrogens with zero attached hydrogens (tertiary/aromatic N) is 1. The van der Waals surface area contributed by atoms with Crippen molar-refractivity contribution >= 4 is 11.8 Å². The number of hydrogen-bond acceptors (Lipinski definition) is 3. The van der Waals surface area contributed by atoms with Crippen LogP contribution in [0.1, 0.15) is 24.2 Å². The number of ether oxygens (including phenoxy) is 1. The number of carbonyl (C=O) groups is 2. The van der Waals surface area contributed by atoms with Crippen molar-refractivity contribution in [2.75, 3.05) is 19.7 Å². The number of carbonyl (C=O) groups excluding carboxylic acids is 2. The molecule has 1 N–H and O–H groups in total. The van der Waals surface area contributed by atoms with Crippen LogP contribution in [0.5, 0.6) is 0 Å². The minimum atomic E-state index is -0.534. The summed E-state index contributed by atoms with van der Waals surface area (Å²) in [6.45, 7) is 5.35. The van der Waals surface area contributed by atoms with Gasteiger partial charge in [-0.25, -0.2) is 0 Å². The molecule has 1 saturated heterocycles. The van der Waals surface area contributed by atoms with Gasteiger partial charge in [0.2, 0.25) is 5.91 Å². The van der Waals surface area contributed by atoms with E-state index in [0.29, 0.717) is 25.3 Å². The summed E-state index contributed by atoms with van der Waals surface area (Å²) in [4.78, 5) is 26.0. The van der Waals surface area contributed by atoms with Crippen LogP contribution in [-0.4, -0.2) is 48.6 Å². The molecule has 1 aromatic carbocycles. The lowest BCUT2D eigenvalue weighted by molar-refractivity contribution is -0.139. The summed E-state index contributed by atoms with van der Waals surface area (Å²) < 4.78 is 5.41. The van der Waals surface area contributed by atoms with Gasteiger partial charge in [0.05, 0.1) is 12.7 Å². The molecule has 2 amide bonds. The maximum absolute atomic E-state index is 12.3. The van der Waals surface area contributed by atoms with Gasteiger partial charge in [0.15, 0.2) is 0 Å². The summed E-state index contributed by atoms with van der Waals surface area (Å²) in [6, 6.07) is 8.36. The molecule has 5 nitrogen and oxygen atoms in total. The Morgan fingerprint density at radius 3 is 2.70 bits per heavy atom. The second kappa shape index (κ2) is 6.52. The predicted molar refractivity (Wildman–Crippen MR) is 75.4 cm³/mol. The van der Waals surface area contributed by atoms with Crippen LogP contribution in [0.2, 0.25) is 0 Å². The normalized spacial score (nSPS) is 20.3. The molecule has 0 aliphatic carbocycles. The molecule has 108 valence electrons. The van der Waals surface area contributed by atoms with Gasteiger partial charge in [-0.3, -0.25) is 9.59 Å². The molecule has 0 radical (unpaired) electrons. The lowest BCUT2D eigenvalue weighted by atomic mass is 10.2. The van der Waals surface area contributed by atoms with Gasteiger partial charge in [0, 0.05) is 18.7 Å². The summed E-state index contributed by atoms with van der Waals surface area (Å²) in [5, 5.41) is 2.74. The molecule has 1 fully saturated rings. The monoisotopic (exact) mass is 276 g/mol. The Hall–Kier alpha value is -1.88. The molecule has 0 spiro atoms. The smallest absolute Gasteiger partial charge is 0.251 e. The van der Waals surface area contributed by atoms with Crippen LogP contribution < -0.4 is 5.32 Å². The van der Waals surface area contributed by atoms with E-state index in [9.17, 15) is 9.59 Å². The highest BCUT2D eigenvalue weighted by Gasteiger charge is 2.26. The molecule has 0 aromatic heterocycles. The van der Waals surface area contributed by atoms with Crippen molar-refractivity contribution in [3.8, 4) is 0 Å². The fraction of sp³-hybridized carbons (Fsp3) is 0.467. The van der Waals surface area contributed by atoms with Crippen molar-refractivity contribution in [1.29, 1.82) is 0 Å². The SMILES string of the molecule is CC1CN(C(=O)C(C)NC(=O)c2ccccc2)CCO1. The maximum atomic E-state index is 12.3. The Kier molecular flexibility index (Phi) is 4.74. The van der Waals surface area contributed by atoms with E-state index in [0.717, 1.165) is 0 Å². The molecular weight excluding hydrogens is 256 g/mol. The number of nitrogens with one attached hydrogen (secondary N) is 1. The van der Waals surface area contributed by atoms with E-state index < -0.39 is 6.04 Å². The standard InChI is InChI=1S/C15H20N2O3/c1-11-10-17(8-9-20-11)15(19)12(2)16-14(18)13-6-4-3-5-7-13/h3-7,11-12H,8-10H2,1-2H3,(H,16,18). The fourth-order valence-electron chi connectivity index (χ4n) is 2.22. The molecule has 2 atom stereocenters. The average Bonchev–Trinajstić information content (AvgIpc) is 2.47. The second-order valence-corrected chi connectivity index (χ2v) is 5.03. The van der Waals surface area contributed by atoms with Gasteiger partial charge >= 0.3 is 0 Å². The zero-order valence-electron chi connectivity index (χ0n) is 11.8. The van der Waals surface area contributed by atoms with E-state index in [1.165, 1.54) is 0 Å². The van der Waals surface area contributed by atoms with E-state index in [4.69, 9.17) is 4.74 Å². The second-order valence-electron chi connectivity index (χ2n) is 5.03. The number of amides is 2. The third-order valence-corrected chi connectivity index (χ3v) is 3.31. The first-order valence-electron chi connectivity index (χ1n) is 6.84. The highest BCUT2D eigenvalue weighted by atomic mass is 16.5. The van der Waals surface area contributed by atoms with Crippen molar-refractivity contribution in [2.24, 2.45) is 0 Å². The van der Waals surface area contributed by atoms with Crippen molar-refractivity contribution in [1.82, 2.24) is 10.2 Å². The summed E-state index contributed by atoms with van der Waals surface area (Å²) in [5.41, 5.74) is 0.558. The predicted octanol–water partition coefficient (Wildman–Crippen LogP) is 1.05. The van der Waals surface area contributed by atoms with Gasteiger partial charge in [0.25, 0.3) is 5.91 Å². The van der Waals surface area contributed by atoms with Crippen LogP contribution in [0.4, 0.5) is 0 Å². The molecule has 1 aliphatic rings. The van der Waals surface area contributed by atoms with E-state index in [2.05, 4.69) is 5.32 Å². The van der Waals surface area contributed by atoms with Gasteiger partial charge in [0.1, 0.15) is 6.04 Å². The number of benzene rings is 1. The van der Waals surface area contributed by atoms with Gasteiger partial charge in [-0.1, -0.05) is 18.2 Å².